The summed E-state index contributed by atoms with van der Waals surface area (Å²) in [6.07, 6.45) is 3.19. The molecule has 1 aromatic carbocycles. The van der Waals surface area contributed by atoms with Gasteiger partial charge in [-0.2, -0.15) is 0 Å². The summed E-state index contributed by atoms with van der Waals surface area (Å²) in [5.74, 6) is -0.160. The minimum absolute atomic E-state index is 0.160. The van der Waals surface area contributed by atoms with E-state index < -0.39 is 0 Å². The van der Waals surface area contributed by atoms with Crippen LogP contribution in [0.2, 0.25) is 0 Å². The zero-order valence-corrected chi connectivity index (χ0v) is 10.7. The Balaban J connectivity index is 2.23. The van der Waals surface area contributed by atoms with E-state index >= 15 is 0 Å². The van der Waals surface area contributed by atoms with Crippen LogP contribution in [-0.4, -0.2) is 31.1 Å². The third-order valence-electron chi connectivity index (χ3n) is 2.98. The van der Waals surface area contributed by atoms with Crippen LogP contribution in [0.4, 0.5) is 4.39 Å². The van der Waals surface area contributed by atoms with Crippen molar-refractivity contribution in [3.63, 3.8) is 0 Å². The van der Waals surface area contributed by atoms with E-state index in [0.717, 1.165) is 45.4 Å². The van der Waals surface area contributed by atoms with Crippen LogP contribution in [0.1, 0.15) is 25.3 Å². The molecule has 1 rings (SSSR count). The Hall–Kier alpha value is -0.930. The summed E-state index contributed by atoms with van der Waals surface area (Å²) in [5, 5.41) is 0. The molecule has 0 unspecified atom stereocenters. The minimum Gasteiger partial charge on any atom is -0.330 e. The Morgan fingerprint density at radius 2 is 1.76 bits per heavy atom. The lowest BCUT2D eigenvalue weighted by Crippen LogP contribution is -2.27. The van der Waals surface area contributed by atoms with Gasteiger partial charge in [0.15, 0.2) is 0 Å². The van der Waals surface area contributed by atoms with Crippen LogP contribution in [0.15, 0.2) is 24.3 Å². The van der Waals surface area contributed by atoms with E-state index in [1.165, 1.54) is 17.7 Å². The van der Waals surface area contributed by atoms with Crippen LogP contribution in [-0.2, 0) is 6.42 Å². The quantitative estimate of drug-likeness (QED) is 0.753. The molecule has 2 N–H and O–H groups in total. The van der Waals surface area contributed by atoms with Crippen LogP contribution < -0.4 is 5.73 Å². The van der Waals surface area contributed by atoms with E-state index in [4.69, 9.17) is 5.73 Å². The van der Waals surface area contributed by atoms with Crippen molar-refractivity contribution in [3.05, 3.63) is 35.6 Å². The van der Waals surface area contributed by atoms with Crippen LogP contribution in [0.3, 0.4) is 0 Å². The normalized spacial score (nSPS) is 11.1. The fraction of sp³-hybridized carbons (Fsp3) is 0.571. The first-order chi connectivity index (χ1) is 8.26. The van der Waals surface area contributed by atoms with Gasteiger partial charge in [-0.25, -0.2) is 4.39 Å². The van der Waals surface area contributed by atoms with Gasteiger partial charge in [0.05, 0.1) is 0 Å². The molecule has 0 aromatic heterocycles. The fourth-order valence-corrected chi connectivity index (χ4v) is 1.90. The number of rotatable bonds is 8. The molecule has 0 amide bonds. The lowest BCUT2D eigenvalue weighted by atomic mass is 10.1. The molecule has 1 aromatic rings. The SMILES string of the molecule is CCN(CCCN)CCCc1ccc(F)cc1. The Labute approximate surface area is 104 Å². The number of nitrogens with zero attached hydrogens (tertiary/aromatic N) is 1. The largest absolute Gasteiger partial charge is 0.330 e. The molecule has 0 radical (unpaired) electrons. The summed E-state index contributed by atoms with van der Waals surface area (Å²) < 4.78 is 12.7. The van der Waals surface area contributed by atoms with Crippen molar-refractivity contribution >= 4 is 0 Å². The van der Waals surface area contributed by atoms with E-state index in [2.05, 4.69) is 11.8 Å². The zero-order valence-electron chi connectivity index (χ0n) is 10.7. The molecule has 0 fully saturated rings. The highest BCUT2D eigenvalue weighted by Gasteiger charge is 2.01. The topological polar surface area (TPSA) is 29.3 Å². The molecule has 17 heavy (non-hydrogen) atoms. The van der Waals surface area contributed by atoms with Crippen molar-refractivity contribution in [1.29, 1.82) is 0 Å². The second kappa shape index (κ2) is 8.20. The van der Waals surface area contributed by atoms with Crippen molar-refractivity contribution < 1.29 is 4.39 Å². The van der Waals surface area contributed by atoms with Gasteiger partial charge >= 0.3 is 0 Å². The lowest BCUT2D eigenvalue weighted by molar-refractivity contribution is 0.282. The molecular formula is C14H23FN2. The summed E-state index contributed by atoms with van der Waals surface area (Å²) in [5.41, 5.74) is 6.71. The van der Waals surface area contributed by atoms with Crippen LogP contribution in [0.25, 0.3) is 0 Å². The molecule has 96 valence electrons. The predicted molar refractivity (Wildman–Crippen MR) is 70.5 cm³/mol. The van der Waals surface area contributed by atoms with Crippen molar-refractivity contribution in [3.8, 4) is 0 Å². The fourth-order valence-electron chi connectivity index (χ4n) is 1.90. The highest BCUT2D eigenvalue weighted by atomic mass is 19.1. The summed E-state index contributed by atoms with van der Waals surface area (Å²) in [7, 11) is 0. The summed E-state index contributed by atoms with van der Waals surface area (Å²) in [6.45, 7) is 6.18. The number of hydrogen-bond acceptors (Lipinski definition) is 2. The Bertz CT molecular complexity index is 298. The monoisotopic (exact) mass is 238 g/mol. The van der Waals surface area contributed by atoms with E-state index in [1.807, 2.05) is 12.1 Å². The van der Waals surface area contributed by atoms with Crippen molar-refractivity contribution in [2.24, 2.45) is 5.73 Å². The van der Waals surface area contributed by atoms with Gasteiger partial charge in [-0.05, 0) is 63.1 Å². The number of nitrogens with two attached hydrogens (primary N) is 1. The molecule has 0 atom stereocenters. The molecular weight excluding hydrogens is 215 g/mol. The molecule has 0 saturated carbocycles. The van der Waals surface area contributed by atoms with E-state index in [0.29, 0.717) is 0 Å². The number of benzene rings is 1. The molecule has 2 nitrogen and oxygen atoms in total. The average Bonchev–Trinajstić information content (AvgIpc) is 2.36. The molecule has 0 heterocycles. The smallest absolute Gasteiger partial charge is 0.123 e. The second-order valence-electron chi connectivity index (χ2n) is 4.31. The maximum atomic E-state index is 12.7. The van der Waals surface area contributed by atoms with Crippen molar-refractivity contribution in [1.82, 2.24) is 4.90 Å². The summed E-state index contributed by atoms with van der Waals surface area (Å²) in [6, 6.07) is 6.79. The first-order valence-electron chi connectivity index (χ1n) is 6.43. The van der Waals surface area contributed by atoms with Gasteiger partial charge in [0.1, 0.15) is 5.82 Å². The van der Waals surface area contributed by atoms with Crippen molar-refractivity contribution in [2.45, 2.75) is 26.2 Å². The minimum atomic E-state index is -0.160. The molecule has 0 saturated heterocycles. The highest BCUT2D eigenvalue weighted by molar-refractivity contribution is 5.15. The zero-order chi connectivity index (χ0) is 12.5. The van der Waals surface area contributed by atoms with Gasteiger partial charge in [-0.3, -0.25) is 0 Å². The predicted octanol–water partition coefficient (Wildman–Crippen LogP) is 2.43. The van der Waals surface area contributed by atoms with Gasteiger partial charge in [0.25, 0.3) is 0 Å². The Kier molecular flexibility index (Phi) is 6.82. The molecule has 0 bridgehead atoms. The first kappa shape index (κ1) is 14.1. The van der Waals surface area contributed by atoms with Gasteiger partial charge in [0.2, 0.25) is 0 Å². The lowest BCUT2D eigenvalue weighted by Gasteiger charge is -2.19. The number of aryl methyl sites for hydroxylation is 1. The third kappa shape index (κ3) is 5.80. The number of hydrogen-bond donors (Lipinski definition) is 1. The second-order valence-corrected chi connectivity index (χ2v) is 4.31. The standard InChI is InChI=1S/C14H23FN2/c1-2-17(12-4-10-16)11-3-5-13-6-8-14(15)9-7-13/h6-9H,2-5,10-12,16H2,1H3. The molecule has 0 spiro atoms. The summed E-state index contributed by atoms with van der Waals surface area (Å²) >= 11 is 0. The van der Waals surface area contributed by atoms with Crippen LogP contribution in [0.5, 0.6) is 0 Å². The maximum absolute atomic E-state index is 12.7. The molecule has 0 aliphatic carbocycles. The first-order valence-corrected chi connectivity index (χ1v) is 6.43. The number of halogens is 1. The van der Waals surface area contributed by atoms with Gasteiger partial charge in [-0.1, -0.05) is 19.1 Å². The van der Waals surface area contributed by atoms with Gasteiger partial charge < -0.3 is 10.6 Å². The van der Waals surface area contributed by atoms with E-state index in [-0.39, 0.29) is 5.82 Å². The van der Waals surface area contributed by atoms with E-state index in [1.54, 1.807) is 0 Å². The molecule has 0 aliphatic heterocycles. The molecule has 3 heteroatoms. The van der Waals surface area contributed by atoms with E-state index in [9.17, 15) is 4.39 Å². The third-order valence-corrected chi connectivity index (χ3v) is 2.98. The van der Waals surface area contributed by atoms with Crippen LogP contribution >= 0.6 is 0 Å². The van der Waals surface area contributed by atoms with Crippen molar-refractivity contribution in [2.75, 3.05) is 26.2 Å². The van der Waals surface area contributed by atoms with Gasteiger partial charge in [0, 0.05) is 0 Å². The maximum Gasteiger partial charge on any atom is 0.123 e. The molecule has 0 aliphatic rings. The summed E-state index contributed by atoms with van der Waals surface area (Å²) in [4.78, 5) is 2.41. The Morgan fingerprint density at radius 3 is 2.35 bits per heavy atom. The Morgan fingerprint density at radius 1 is 1.12 bits per heavy atom. The average molecular weight is 238 g/mol. The van der Waals surface area contributed by atoms with Gasteiger partial charge in [-0.15, -0.1) is 0 Å². The van der Waals surface area contributed by atoms with Crippen LogP contribution in [0, 0.1) is 5.82 Å². The highest BCUT2D eigenvalue weighted by Crippen LogP contribution is 2.06.